The van der Waals surface area contributed by atoms with Gasteiger partial charge in [-0.1, -0.05) is 58.4 Å². The summed E-state index contributed by atoms with van der Waals surface area (Å²) < 4.78 is 1.03. The Labute approximate surface area is 109 Å². The minimum Gasteiger partial charge on any atom is -0.366 e. The van der Waals surface area contributed by atoms with Gasteiger partial charge >= 0.3 is 0 Å². The Morgan fingerprint density at radius 2 is 1.65 bits per heavy atom. The van der Waals surface area contributed by atoms with Gasteiger partial charge in [0.15, 0.2) is 0 Å². The van der Waals surface area contributed by atoms with E-state index in [4.69, 9.17) is 5.41 Å². The second-order valence-electron chi connectivity index (χ2n) is 3.72. The number of hydrogen-bond acceptors (Lipinski definition) is 1. The molecule has 3 heteroatoms. The molecule has 2 nitrogen and oxygen atoms in total. The van der Waals surface area contributed by atoms with Crippen LogP contribution in [0.25, 0.3) is 0 Å². The zero-order valence-electron chi connectivity index (χ0n) is 9.28. The Hall–Kier alpha value is -1.61. The molecule has 2 rings (SSSR count). The lowest BCUT2D eigenvalue weighted by Crippen LogP contribution is -2.22. The molecule has 0 atom stereocenters. The van der Waals surface area contributed by atoms with Crippen LogP contribution in [0.5, 0.6) is 0 Å². The first-order chi connectivity index (χ1) is 8.25. The first kappa shape index (κ1) is 11.9. The van der Waals surface area contributed by atoms with E-state index < -0.39 is 0 Å². The van der Waals surface area contributed by atoms with Crippen LogP contribution in [-0.4, -0.2) is 5.84 Å². The summed E-state index contributed by atoms with van der Waals surface area (Å²) in [5.41, 5.74) is 2.07. The van der Waals surface area contributed by atoms with Crippen LogP contribution >= 0.6 is 15.9 Å². The molecule has 86 valence electrons. The molecule has 2 N–H and O–H groups in total. The Morgan fingerprint density at radius 3 is 2.29 bits per heavy atom. The number of benzene rings is 2. The lowest BCUT2D eigenvalue weighted by Gasteiger charge is -2.08. The number of rotatable bonds is 3. The van der Waals surface area contributed by atoms with Crippen molar-refractivity contribution >= 4 is 21.8 Å². The highest BCUT2D eigenvalue weighted by molar-refractivity contribution is 9.10. The van der Waals surface area contributed by atoms with Crippen LogP contribution in [-0.2, 0) is 6.54 Å². The maximum Gasteiger partial charge on any atom is 0.125 e. The molecule has 0 heterocycles. The Kier molecular flexibility index (Phi) is 3.94. The van der Waals surface area contributed by atoms with Crippen LogP contribution in [0, 0.1) is 5.41 Å². The summed E-state index contributed by atoms with van der Waals surface area (Å²) in [6.07, 6.45) is 0. The molecule has 2 aromatic carbocycles. The van der Waals surface area contributed by atoms with E-state index in [-0.39, 0.29) is 0 Å². The maximum atomic E-state index is 7.92. The molecule has 0 saturated carbocycles. The lowest BCUT2D eigenvalue weighted by atomic mass is 10.2. The zero-order chi connectivity index (χ0) is 12.1. The standard InChI is InChI=1S/C14H13BrN2/c15-13-8-6-12(7-9-13)14(16)17-10-11-4-2-1-3-5-11/h1-9H,10H2,(H2,16,17). The molecular formula is C14H13BrN2. The van der Waals surface area contributed by atoms with E-state index in [1.54, 1.807) is 0 Å². The van der Waals surface area contributed by atoms with E-state index in [0.29, 0.717) is 12.4 Å². The molecule has 0 aromatic heterocycles. The molecule has 17 heavy (non-hydrogen) atoms. The zero-order valence-corrected chi connectivity index (χ0v) is 10.9. The van der Waals surface area contributed by atoms with Crippen molar-refractivity contribution in [1.82, 2.24) is 5.32 Å². The Balaban J connectivity index is 1.96. The summed E-state index contributed by atoms with van der Waals surface area (Å²) in [5, 5.41) is 11.0. The predicted octanol–water partition coefficient (Wildman–Crippen LogP) is 3.56. The molecule has 0 fully saturated rings. The van der Waals surface area contributed by atoms with E-state index in [1.165, 1.54) is 5.56 Å². The monoisotopic (exact) mass is 288 g/mol. The molecule has 0 aliphatic rings. The van der Waals surface area contributed by atoms with Crippen LogP contribution in [0.1, 0.15) is 11.1 Å². The normalized spacial score (nSPS) is 9.94. The van der Waals surface area contributed by atoms with Gasteiger partial charge in [-0.15, -0.1) is 0 Å². The van der Waals surface area contributed by atoms with Crippen molar-refractivity contribution in [3.05, 3.63) is 70.2 Å². The number of hydrogen-bond donors (Lipinski definition) is 2. The highest BCUT2D eigenvalue weighted by Crippen LogP contribution is 2.10. The van der Waals surface area contributed by atoms with Crippen LogP contribution in [0.4, 0.5) is 0 Å². The van der Waals surface area contributed by atoms with Gasteiger partial charge < -0.3 is 5.32 Å². The van der Waals surface area contributed by atoms with Gasteiger partial charge in [-0.2, -0.15) is 0 Å². The van der Waals surface area contributed by atoms with Crippen molar-refractivity contribution in [1.29, 1.82) is 5.41 Å². The molecule has 0 amide bonds. The molecule has 0 bridgehead atoms. The number of nitrogens with one attached hydrogen (secondary N) is 2. The molecule has 0 saturated heterocycles. The van der Waals surface area contributed by atoms with Gasteiger partial charge in [-0.05, 0) is 17.7 Å². The smallest absolute Gasteiger partial charge is 0.125 e. The second kappa shape index (κ2) is 5.64. The third kappa shape index (κ3) is 3.43. The summed E-state index contributed by atoms with van der Waals surface area (Å²) in [5.74, 6) is 0.446. The molecule has 0 aliphatic heterocycles. The molecular weight excluding hydrogens is 276 g/mol. The average Bonchev–Trinajstić information content (AvgIpc) is 2.38. The summed E-state index contributed by atoms with van der Waals surface area (Å²) in [7, 11) is 0. The molecule has 0 aliphatic carbocycles. The fourth-order valence-corrected chi connectivity index (χ4v) is 1.77. The van der Waals surface area contributed by atoms with Gasteiger partial charge in [0.25, 0.3) is 0 Å². The first-order valence-corrected chi connectivity index (χ1v) is 6.17. The van der Waals surface area contributed by atoms with Gasteiger partial charge in [-0.25, -0.2) is 0 Å². The summed E-state index contributed by atoms with van der Waals surface area (Å²) in [6.45, 7) is 0.676. The summed E-state index contributed by atoms with van der Waals surface area (Å²) >= 11 is 3.38. The average molecular weight is 289 g/mol. The fourth-order valence-electron chi connectivity index (χ4n) is 1.50. The van der Waals surface area contributed by atoms with Gasteiger partial charge in [0.1, 0.15) is 5.84 Å². The molecule has 2 aromatic rings. The van der Waals surface area contributed by atoms with E-state index >= 15 is 0 Å². The van der Waals surface area contributed by atoms with Crippen molar-refractivity contribution in [2.24, 2.45) is 0 Å². The highest BCUT2D eigenvalue weighted by Gasteiger charge is 2.00. The van der Waals surface area contributed by atoms with Crippen molar-refractivity contribution in [3.63, 3.8) is 0 Å². The van der Waals surface area contributed by atoms with Crippen molar-refractivity contribution in [3.8, 4) is 0 Å². The third-order valence-corrected chi connectivity index (χ3v) is 2.97. The molecule has 0 unspecified atom stereocenters. The molecule has 0 spiro atoms. The van der Waals surface area contributed by atoms with Crippen molar-refractivity contribution in [2.75, 3.05) is 0 Å². The number of halogens is 1. The molecule has 0 radical (unpaired) electrons. The SMILES string of the molecule is N=C(NCc1ccccc1)c1ccc(Br)cc1. The van der Waals surface area contributed by atoms with E-state index in [2.05, 4.69) is 21.2 Å². The van der Waals surface area contributed by atoms with E-state index in [1.807, 2.05) is 54.6 Å². The summed E-state index contributed by atoms with van der Waals surface area (Å²) in [6, 6.07) is 17.8. The predicted molar refractivity (Wildman–Crippen MR) is 74.3 cm³/mol. The van der Waals surface area contributed by atoms with Crippen LogP contribution in [0.3, 0.4) is 0 Å². The third-order valence-electron chi connectivity index (χ3n) is 2.45. The van der Waals surface area contributed by atoms with Crippen molar-refractivity contribution < 1.29 is 0 Å². The minimum atomic E-state index is 0.446. The minimum absolute atomic E-state index is 0.446. The van der Waals surface area contributed by atoms with Crippen molar-refractivity contribution in [2.45, 2.75) is 6.54 Å². The van der Waals surface area contributed by atoms with Crippen LogP contribution in [0.2, 0.25) is 0 Å². The van der Waals surface area contributed by atoms with Gasteiger partial charge in [-0.3, -0.25) is 5.41 Å². The van der Waals surface area contributed by atoms with Crippen LogP contribution < -0.4 is 5.32 Å². The first-order valence-electron chi connectivity index (χ1n) is 5.38. The summed E-state index contributed by atoms with van der Waals surface area (Å²) in [4.78, 5) is 0. The largest absolute Gasteiger partial charge is 0.366 e. The Morgan fingerprint density at radius 1 is 1.00 bits per heavy atom. The quantitative estimate of drug-likeness (QED) is 0.657. The topological polar surface area (TPSA) is 35.9 Å². The van der Waals surface area contributed by atoms with Crippen LogP contribution in [0.15, 0.2) is 59.1 Å². The highest BCUT2D eigenvalue weighted by atomic mass is 79.9. The van der Waals surface area contributed by atoms with Gasteiger partial charge in [0, 0.05) is 16.6 Å². The van der Waals surface area contributed by atoms with Gasteiger partial charge in [0.2, 0.25) is 0 Å². The maximum absolute atomic E-state index is 7.92. The van der Waals surface area contributed by atoms with E-state index in [0.717, 1.165) is 10.0 Å². The fraction of sp³-hybridized carbons (Fsp3) is 0.0714. The second-order valence-corrected chi connectivity index (χ2v) is 4.64. The van der Waals surface area contributed by atoms with E-state index in [9.17, 15) is 0 Å². The number of amidine groups is 1. The van der Waals surface area contributed by atoms with Gasteiger partial charge in [0.05, 0.1) is 0 Å². The lowest BCUT2D eigenvalue weighted by molar-refractivity contribution is 0.908. The Bertz CT molecular complexity index is 491.